The van der Waals surface area contributed by atoms with E-state index in [0.717, 1.165) is 16.3 Å². The van der Waals surface area contributed by atoms with Gasteiger partial charge in [0.2, 0.25) is 47.3 Å². The van der Waals surface area contributed by atoms with Crippen LogP contribution in [0.4, 0.5) is 0 Å². The highest BCUT2D eigenvalue weighted by molar-refractivity contribution is 5.99. The van der Waals surface area contributed by atoms with Gasteiger partial charge in [-0.1, -0.05) is 116 Å². The third kappa shape index (κ3) is 17.1. The fraction of sp³-hybridized carbons (Fsp3) is 0.446. The van der Waals surface area contributed by atoms with Crippen molar-refractivity contribution in [2.75, 3.05) is 13.1 Å². The fourth-order valence-corrected chi connectivity index (χ4v) is 9.71. The van der Waals surface area contributed by atoms with E-state index < -0.39 is 89.4 Å². The number of nitrogens with two attached hydrogens (primary N) is 3. The summed E-state index contributed by atoms with van der Waals surface area (Å²) in [5.41, 5.74) is 17.9. The van der Waals surface area contributed by atoms with Gasteiger partial charge in [-0.3, -0.25) is 43.3 Å². The highest BCUT2D eigenvalue weighted by atomic mass is 16.2. The molecular formula is C56H73N11O8. The van der Waals surface area contributed by atoms with Crippen LogP contribution in [0.1, 0.15) is 113 Å². The Kier molecular flexibility index (Phi) is 21.1. The predicted molar refractivity (Wildman–Crippen MR) is 286 cm³/mol. The Morgan fingerprint density at radius 1 is 0.667 bits per heavy atom. The van der Waals surface area contributed by atoms with E-state index in [1.165, 1.54) is 0 Å². The lowest BCUT2D eigenvalue weighted by Gasteiger charge is -2.41. The largest absolute Gasteiger partial charge is 0.370 e. The number of carbonyl (C=O) groups excluding carboxylic acids is 8. The first-order valence-electron chi connectivity index (χ1n) is 26.1. The molecule has 1 heterocycles. The van der Waals surface area contributed by atoms with E-state index in [1.807, 2.05) is 85.8 Å². The van der Waals surface area contributed by atoms with Gasteiger partial charge in [-0.25, -0.2) is 0 Å². The van der Waals surface area contributed by atoms with Crippen LogP contribution in [0.25, 0.3) is 10.8 Å². The molecule has 6 rings (SSSR count). The molecule has 75 heavy (non-hydrogen) atoms. The number of aliphatic imine (C=N–C) groups is 1. The van der Waals surface area contributed by atoms with Crippen molar-refractivity contribution >= 4 is 64.0 Å². The number of benzene rings is 4. The number of nitrogens with zero attached hydrogens (tertiary/aromatic N) is 1. The summed E-state index contributed by atoms with van der Waals surface area (Å²) in [7, 11) is 0. The zero-order chi connectivity index (χ0) is 53.7. The maximum Gasteiger partial charge on any atom is 0.246 e. The predicted octanol–water partition coefficient (Wildman–Crippen LogP) is 2.68. The number of fused-ring (bicyclic) bond motifs is 1. The van der Waals surface area contributed by atoms with Gasteiger partial charge < -0.3 is 54.4 Å². The van der Waals surface area contributed by atoms with Crippen molar-refractivity contribution in [3.8, 4) is 0 Å². The van der Waals surface area contributed by atoms with Crippen LogP contribution in [-0.4, -0.2) is 102 Å². The summed E-state index contributed by atoms with van der Waals surface area (Å²) in [5.74, 6) is -5.53. The average molecular weight is 1030 g/mol. The Hall–Kier alpha value is -7.83. The first-order chi connectivity index (χ1) is 36.1. The van der Waals surface area contributed by atoms with Crippen LogP contribution < -0.4 is 54.4 Å². The molecule has 0 aromatic heterocycles. The maximum atomic E-state index is 15.2. The Morgan fingerprint density at radius 2 is 1.29 bits per heavy atom. The summed E-state index contributed by atoms with van der Waals surface area (Å²) in [6.07, 6.45) is 3.08. The highest BCUT2D eigenvalue weighted by Crippen LogP contribution is 2.38. The second kappa shape index (κ2) is 28.0. The Balaban J connectivity index is 1.39. The van der Waals surface area contributed by atoms with Crippen molar-refractivity contribution < 1.29 is 38.4 Å². The number of carbonyl (C=O) groups is 8. The standard InChI is InChI=1S/C56H73N11O8/c1-2-3-23-47(68)62-46-35-48(69)60-30-13-12-21-42(49(57)70)63-51(72)44(34-37-24-25-39-19-10-11-20-41(39)32-37)65-50(71)43(22-14-31-61-55(58)59)64-52(73)45(33-36-15-6-4-7-16-36)66-54(75)56(67-53(46)74)28-26-40(27-29-56)38-17-8-5-9-18-38/h4-11,15-20,24-25,32,40,42-46H,2-3,12-14,21-23,26-31,33-35H2,1H3,(H2,57,70)(H,60,69)(H,62,68)(H,63,72)(H,64,73)(H,65,71)(H,66,75)(H,67,74)(H4,58,59,61)/t40?,42-,43-,44-,45+,46-,56?/m0/s1. The molecule has 1 aliphatic carbocycles. The van der Waals surface area contributed by atoms with Gasteiger partial charge in [-0.05, 0) is 97.6 Å². The summed E-state index contributed by atoms with van der Waals surface area (Å²) < 4.78 is 0. The van der Waals surface area contributed by atoms with Gasteiger partial charge in [-0.15, -0.1) is 0 Å². The summed E-state index contributed by atoms with van der Waals surface area (Å²) in [6.45, 7) is 2.14. The zero-order valence-corrected chi connectivity index (χ0v) is 42.7. The van der Waals surface area contributed by atoms with Gasteiger partial charge >= 0.3 is 0 Å². The molecule has 8 amide bonds. The summed E-state index contributed by atoms with van der Waals surface area (Å²) >= 11 is 0. The molecule has 5 atom stereocenters. The molecule has 0 radical (unpaired) electrons. The average Bonchev–Trinajstić information content (AvgIpc) is 3.40. The minimum absolute atomic E-state index is 0.00638. The van der Waals surface area contributed by atoms with Crippen molar-refractivity contribution in [3.63, 3.8) is 0 Å². The second-order valence-electron chi connectivity index (χ2n) is 19.7. The first kappa shape index (κ1) is 56.5. The molecule has 1 spiro atoms. The topological polar surface area (TPSA) is 311 Å². The maximum absolute atomic E-state index is 15.2. The van der Waals surface area contributed by atoms with E-state index in [0.29, 0.717) is 49.7 Å². The van der Waals surface area contributed by atoms with Crippen molar-refractivity contribution in [3.05, 3.63) is 120 Å². The third-order valence-electron chi connectivity index (χ3n) is 14.0. The molecule has 0 bridgehead atoms. The van der Waals surface area contributed by atoms with Gasteiger partial charge in [0.25, 0.3) is 0 Å². The lowest BCUT2D eigenvalue weighted by molar-refractivity contribution is -0.140. The van der Waals surface area contributed by atoms with E-state index >= 15 is 4.79 Å². The van der Waals surface area contributed by atoms with E-state index in [9.17, 15) is 33.6 Å². The molecule has 2 fully saturated rings. The van der Waals surface area contributed by atoms with Gasteiger partial charge in [0.15, 0.2) is 5.96 Å². The van der Waals surface area contributed by atoms with Crippen LogP contribution in [0.15, 0.2) is 108 Å². The van der Waals surface area contributed by atoms with Crippen molar-refractivity contribution in [1.29, 1.82) is 0 Å². The minimum atomic E-state index is -1.60. The van der Waals surface area contributed by atoms with Gasteiger partial charge in [-0.2, -0.15) is 0 Å². The van der Waals surface area contributed by atoms with Gasteiger partial charge in [0.05, 0.1) is 6.42 Å². The Labute approximate surface area is 438 Å². The molecule has 19 heteroatoms. The van der Waals surface area contributed by atoms with Crippen LogP contribution in [0.3, 0.4) is 0 Å². The molecule has 1 saturated heterocycles. The highest BCUT2D eigenvalue weighted by Gasteiger charge is 2.46. The van der Waals surface area contributed by atoms with Crippen LogP contribution in [0.5, 0.6) is 0 Å². The van der Waals surface area contributed by atoms with Crippen LogP contribution >= 0.6 is 0 Å². The molecule has 2 aliphatic rings. The smallest absolute Gasteiger partial charge is 0.246 e. The van der Waals surface area contributed by atoms with Crippen molar-refractivity contribution in [2.24, 2.45) is 22.2 Å². The van der Waals surface area contributed by atoms with E-state index in [4.69, 9.17) is 17.2 Å². The SMILES string of the molecule is CCCCC(=O)N[C@H]1CC(=O)NCCCC[C@@H](C(N)=O)NC(=O)[C@H](Cc2ccc3ccccc3c2)NC(=O)[C@H](CCCN=C(N)N)NC(=O)[C@@H](Cc2ccccc2)NC(=O)C2(CCC(c3ccccc3)CC2)NC1=O. The fourth-order valence-electron chi connectivity index (χ4n) is 9.71. The Morgan fingerprint density at radius 3 is 1.99 bits per heavy atom. The van der Waals surface area contributed by atoms with E-state index in [2.05, 4.69) is 42.2 Å². The molecule has 1 aliphatic heterocycles. The summed E-state index contributed by atoms with van der Waals surface area (Å²) in [4.78, 5) is 118. The third-order valence-corrected chi connectivity index (χ3v) is 14.0. The quantitative estimate of drug-likeness (QED) is 0.0500. The lowest BCUT2D eigenvalue weighted by atomic mass is 9.73. The molecule has 400 valence electrons. The number of hydrogen-bond acceptors (Lipinski definition) is 9. The van der Waals surface area contributed by atoms with Crippen LogP contribution in [0.2, 0.25) is 0 Å². The molecule has 13 N–H and O–H groups in total. The number of primary amides is 1. The van der Waals surface area contributed by atoms with E-state index in [1.54, 1.807) is 24.3 Å². The second-order valence-corrected chi connectivity index (χ2v) is 19.7. The van der Waals surface area contributed by atoms with Gasteiger partial charge in [0, 0.05) is 32.4 Å². The number of rotatable bonds is 14. The minimum Gasteiger partial charge on any atom is -0.370 e. The van der Waals surface area contributed by atoms with Gasteiger partial charge in [0.1, 0.15) is 35.7 Å². The monoisotopic (exact) mass is 1030 g/mol. The molecule has 4 aromatic rings. The molecule has 1 saturated carbocycles. The number of nitrogens with one attached hydrogen (secondary N) is 7. The Bertz CT molecular complexity index is 2640. The number of amides is 8. The molecular weight excluding hydrogens is 955 g/mol. The van der Waals surface area contributed by atoms with Crippen LogP contribution in [0, 0.1) is 0 Å². The van der Waals surface area contributed by atoms with Crippen molar-refractivity contribution in [2.45, 2.75) is 145 Å². The normalized spacial score (nSPS) is 23.8. The molecule has 4 aromatic carbocycles. The lowest BCUT2D eigenvalue weighted by Crippen LogP contribution is -2.66. The molecule has 19 nitrogen and oxygen atoms in total. The van der Waals surface area contributed by atoms with Crippen molar-refractivity contribution in [1.82, 2.24) is 37.2 Å². The molecule has 0 unspecified atom stereocenters. The number of unbranched alkanes of at least 4 members (excludes halogenated alkanes) is 1. The van der Waals surface area contributed by atoms with Crippen LogP contribution in [-0.2, 0) is 51.2 Å². The number of hydrogen-bond donors (Lipinski definition) is 10. The zero-order valence-electron chi connectivity index (χ0n) is 42.7. The van der Waals surface area contributed by atoms with E-state index in [-0.39, 0.29) is 76.3 Å². The first-order valence-corrected chi connectivity index (χ1v) is 26.1. The summed E-state index contributed by atoms with van der Waals surface area (Å²) in [6, 6.07) is 25.6. The number of guanidine groups is 1. The summed E-state index contributed by atoms with van der Waals surface area (Å²) in [5, 5.41) is 21.8.